The van der Waals surface area contributed by atoms with Gasteiger partial charge in [0.1, 0.15) is 6.04 Å². The first-order chi connectivity index (χ1) is 9.04. The quantitative estimate of drug-likeness (QED) is 0.724. The highest BCUT2D eigenvalue weighted by Gasteiger charge is 2.22. The molecule has 2 atom stereocenters. The van der Waals surface area contributed by atoms with Crippen molar-refractivity contribution in [1.29, 1.82) is 0 Å². The number of aliphatic carboxylic acids is 1. The van der Waals surface area contributed by atoms with Crippen LogP contribution in [0.4, 0.5) is 0 Å². The van der Waals surface area contributed by atoms with Crippen molar-refractivity contribution in [2.75, 3.05) is 11.5 Å². The first-order valence-corrected chi connectivity index (χ1v) is 7.08. The molecular formula is C13H15NO4S. The van der Waals surface area contributed by atoms with E-state index in [1.54, 1.807) is 30.3 Å². The Labute approximate surface area is 113 Å². The zero-order chi connectivity index (χ0) is 14.3. The van der Waals surface area contributed by atoms with Gasteiger partial charge in [-0.2, -0.15) is 0 Å². The fraction of sp³-hybridized carbons (Fsp3) is 0.231. The molecule has 2 unspecified atom stereocenters. The van der Waals surface area contributed by atoms with E-state index < -0.39 is 28.7 Å². The summed E-state index contributed by atoms with van der Waals surface area (Å²) in [5, 5.41) is 11.4. The van der Waals surface area contributed by atoms with Crippen molar-refractivity contribution in [3.8, 4) is 0 Å². The van der Waals surface area contributed by atoms with Gasteiger partial charge in [0.25, 0.3) is 5.91 Å². The van der Waals surface area contributed by atoms with Gasteiger partial charge in [-0.05, 0) is 12.1 Å². The maximum atomic E-state index is 11.8. The minimum atomic E-state index is -1.36. The molecular weight excluding hydrogens is 266 g/mol. The van der Waals surface area contributed by atoms with E-state index in [9.17, 15) is 13.8 Å². The van der Waals surface area contributed by atoms with E-state index in [4.69, 9.17) is 5.11 Å². The fourth-order valence-corrected chi connectivity index (χ4v) is 2.39. The lowest BCUT2D eigenvalue weighted by Gasteiger charge is -2.13. The van der Waals surface area contributed by atoms with Crippen LogP contribution in [0.15, 0.2) is 43.0 Å². The summed E-state index contributed by atoms with van der Waals surface area (Å²) in [6, 6.07) is 7.10. The number of carbonyl (C=O) groups excluding carboxylic acids is 1. The normalized spacial score (nSPS) is 13.3. The average Bonchev–Trinajstić information content (AvgIpc) is 2.39. The number of hydrogen-bond donors (Lipinski definition) is 2. The van der Waals surface area contributed by atoms with E-state index in [1.807, 2.05) is 0 Å². The molecule has 1 aromatic carbocycles. The van der Waals surface area contributed by atoms with Crippen LogP contribution in [0.25, 0.3) is 0 Å². The summed E-state index contributed by atoms with van der Waals surface area (Å²) >= 11 is 0. The van der Waals surface area contributed by atoms with Gasteiger partial charge in [-0.25, -0.2) is 4.79 Å². The van der Waals surface area contributed by atoms with Crippen molar-refractivity contribution < 1.29 is 18.9 Å². The molecule has 1 aromatic rings. The van der Waals surface area contributed by atoms with Crippen molar-refractivity contribution in [3.05, 3.63) is 48.6 Å². The first-order valence-electron chi connectivity index (χ1n) is 5.59. The Bertz CT molecular complexity index is 487. The monoisotopic (exact) mass is 281 g/mol. The van der Waals surface area contributed by atoms with Crippen LogP contribution in [-0.2, 0) is 15.6 Å². The SMILES string of the molecule is C=CCS(=O)CC(NC(=O)c1ccccc1)C(=O)O. The number of carbonyl (C=O) groups is 2. The van der Waals surface area contributed by atoms with E-state index >= 15 is 0 Å². The number of rotatable bonds is 7. The molecule has 0 saturated carbocycles. The van der Waals surface area contributed by atoms with Crippen LogP contribution in [0, 0.1) is 0 Å². The van der Waals surface area contributed by atoms with Gasteiger partial charge in [0.05, 0.1) is 5.75 Å². The largest absolute Gasteiger partial charge is 0.480 e. The number of carboxylic acids is 1. The van der Waals surface area contributed by atoms with Crippen molar-refractivity contribution in [2.24, 2.45) is 0 Å². The first kappa shape index (κ1) is 15.1. The third-order valence-electron chi connectivity index (χ3n) is 2.30. The summed E-state index contributed by atoms with van der Waals surface area (Å²) in [6.07, 6.45) is 1.45. The lowest BCUT2D eigenvalue weighted by molar-refractivity contribution is -0.138. The van der Waals surface area contributed by atoms with Crippen LogP contribution >= 0.6 is 0 Å². The van der Waals surface area contributed by atoms with Gasteiger partial charge in [-0.15, -0.1) is 6.58 Å². The number of nitrogens with one attached hydrogen (secondary N) is 1. The Balaban J connectivity index is 2.69. The molecule has 5 nitrogen and oxygen atoms in total. The van der Waals surface area contributed by atoms with E-state index in [0.717, 1.165) is 0 Å². The predicted molar refractivity (Wildman–Crippen MR) is 73.4 cm³/mol. The van der Waals surface area contributed by atoms with Gasteiger partial charge in [0, 0.05) is 22.1 Å². The molecule has 0 aliphatic carbocycles. The second-order valence-corrected chi connectivity index (χ2v) is 5.34. The molecule has 102 valence electrons. The summed E-state index contributed by atoms with van der Waals surface area (Å²) in [5.41, 5.74) is 0.364. The van der Waals surface area contributed by atoms with Gasteiger partial charge in [0.15, 0.2) is 0 Å². The van der Waals surface area contributed by atoms with Gasteiger partial charge < -0.3 is 10.4 Å². The standard InChI is InChI=1S/C13H15NO4S/c1-2-8-19(18)9-11(13(16)17)14-12(15)10-6-4-3-5-7-10/h2-7,11H,1,8-9H2,(H,14,15)(H,16,17). The van der Waals surface area contributed by atoms with Gasteiger partial charge in [-0.1, -0.05) is 24.3 Å². The van der Waals surface area contributed by atoms with Crippen LogP contribution in [0.5, 0.6) is 0 Å². The van der Waals surface area contributed by atoms with Crippen molar-refractivity contribution in [2.45, 2.75) is 6.04 Å². The molecule has 0 radical (unpaired) electrons. The topological polar surface area (TPSA) is 83.5 Å². The predicted octanol–water partition coefficient (Wildman–Crippen LogP) is 0.804. The molecule has 0 aliphatic rings. The Morgan fingerprint density at radius 2 is 2.00 bits per heavy atom. The van der Waals surface area contributed by atoms with Crippen molar-refractivity contribution in [1.82, 2.24) is 5.32 Å². The van der Waals surface area contributed by atoms with Crippen LogP contribution in [-0.4, -0.2) is 38.7 Å². The lowest BCUT2D eigenvalue weighted by atomic mass is 10.2. The molecule has 0 saturated heterocycles. The van der Waals surface area contributed by atoms with Gasteiger partial charge >= 0.3 is 5.97 Å². The number of carboxylic acid groups (broad SMARTS) is 1. The maximum Gasteiger partial charge on any atom is 0.327 e. The lowest BCUT2D eigenvalue weighted by Crippen LogP contribution is -2.44. The Morgan fingerprint density at radius 3 is 2.53 bits per heavy atom. The Morgan fingerprint density at radius 1 is 1.37 bits per heavy atom. The van der Waals surface area contributed by atoms with E-state index in [1.165, 1.54) is 6.08 Å². The third kappa shape index (κ3) is 5.05. The molecule has 19 heavy (non-hydrogen) atoms. The summed E-state index contributed by atoms with van der Waals surface area (Å²) in [7, 11) is -1.36. The zero-order valence-electron chi connectivity index (χ0n) is 10.2. The molecule has 0 aromatic heterocycles. The van der Waals surface area contributed by atoms with Gasteiger partial charge in [-0.3, -0.25) is 9.00 Å². The highest BCUT2D eigenvalue weighted by atomic mass is 32.2. The van der Waals surface area contributed by atoms with Gasteiger partial charge in [0.2, 0.25) is 0 Å². The summed E-state index contributed by atoms with van der Waals surface area (Å²) in [5.74, 6) is -1.64. The maximum absolute atomic E-state index is 11.8. The molecule has 2 N–H and O–H groups in total. The second kappa shape index (κ2) is 7.48. The summed E-state index contributed by atoms with van der Waals surface area (Å²) in [4.78, 5) is 22.8. The third-order valence-corrected chi connectivity index (χ3v) is 3.61. The highest BCUT2D eigenvalue weighted by molar-refractivity contribution is 7.85. The Hall–Kier alpha value is -1.95. The minimum Gasteiger partial charge on any atom is -0.480 e. The van der Waals surface area contributed by atoms with Crippen LogP contribution in [0.1, 0.15) is 10.4 Å². The average molecular weight is 281 g/mol. The van der Waals surface area contributed by atoms with Crippen molar-refractivity contribution >= 4 is 22.7 Å². The minimum absolute atomic E-state index is 0.139. The zero-order valence-corrected chi connectivity index (χ0v) is 11.1. The molecule has 1 rings (SSSR count). The molecule has 6 heteroatoms. The van der Waals surface area contributed by atoms with Crippen LogP contribution in [0.3, 0.4) is 0 Å². The molecule has 1 amide bonds. The van der Waals surface area contributed by atoms with E-state index in [2.05, 4.69) is 11.9 Å². The fourth-order valence-electron chi connectivity index (χ4n) is 1.39. The number of amides is 1. The second-order valence-electron chi connectivity index (χ2n) is 3.79. The summed E-state index contributed by atoms with van der Waals surface area (Å²) in [6.45, 7) is 3.43. The molecule has 0 aliphatic heterocycles. The molecule has 0 fully saturated rings. The highest BCUT2D eigenvalue weighted by Crippen LogP contribution is 2.00. The summed E-state index contributed by atoms with van der Waals surface area (Å²) < 4.78 is 11.5. The van der Waals surface area contributed by atoms with Crippen molar-refractivity contribution in [3.63, 3.8) is 0 Å². The van der Waals surface area contributed by atoms with E-state index in [-0.39, 0.29) is 11.5 Å². The molecule has 0 spiro atoms. The number of hydrogen-bond acceptors (Lipinski definition) is 3. The number of benzene rings is 1. The van der Waals surface area contributed by atoms with Crippen LogP contribution < -0.4 is 5.32 Å². The molecule has 0 heterocycles. The van der Waals surface area contributed by atoms with E-state index in [0.29, 0.717) is 5.56 Å². The molecule has 0 bridgehead atoms. The Kier molecular flexibility index (Phi) is 5.95. The smallest absolute Gasteiger partial charge is 0.327 e. The van der Waals surface area contributed by atoms with Crippen LogP contribution in [0.2, 0.25) is 0 Å².